The van der Waals surface area contributed by atoms with Crippen LogP contribution in [-0.4, -0.2) is 35.4 Å². The maximum absolute atomic E-state index is 12.2. The molecule has 0 saturated heterocycles. The van der Waals surface area contributed by atoms with E-state index in [2.05, 4.69) is 10.3 Å². The van der Waals surface area contributed by atoms with E-state index >= 15 is 0 Å². The number of esters is 1. The number of halogens is 1. The predicted molar refractivity (Wildman–Crippen MR) is 109 cm³/mol. The lowest BCUT2D eigenvalue weighted by Gasteiger charge is -2.13. The summed E-state index contributed by atoms with van der Waals surface area (Å²) in [4.78, 5) is 40.2. The van der Waals surface area contributed by atoms with Gasteiger partial charge in [0.1, 0.15) is 11.6 Å². The fourth-order valence-corrected chi connectivity index (χ4v) is 2.42. The van der Waals surface area contributed by atoms with E-state index in [9.17, 15) is 14.4 Å². The summed E-state index contributed by atoms with van der Waals surface area (Å²) >= 11 is 5.73. The van der Waals surface area contributed by atoms with Crippen LogP contribution in [0.3, 0.4) is 0 Å². The van der Waals surface area contributed by atoms with Crippen molar-refractivity contribution >= 4 is 35.1 Å². The number of pyridine rings is 1. The second kappa shape index (κ2) is 11.2. The topological polar surface area (TPSA) is 94.6 Å². The molecule has 8 heteroatoms. The van der Waals surface area contributed by atoms with Crippen LogP contribution in [0.1, 0.15) is 43.5 Å². The van der Waals surface area contributed by atoms with E-state index in [1.54, 1.807) is 30.3 Å². The number of rotatable bonds is 10. The fourth-order valence-electron chi connectivity index (χ4n) is 2.30. The van der Waals surface area contributed by atoms with Crippen molar-refractivity contribution in [3.05, 3.63) is 53.2 Å². The van der Waals surface area contributed by atoms with Gasteiger partial charge in [-0.15, -0.1) is 0 Å². The normalized spacial score (nSPS) is 11.4. The molecule has 1 heterocycles. The number of ether oxygens (including phenoxy) is 2. The first-order valence-electron chi connectivity index (χ1n) is 9.27. The minimum Gasteiger partial charge on any atom is -0.494 e. The number of anilines is 1. The Balaban J connectivity index is 1.77. The van der Waals surface area contributed by atoms with Crippen molar-refractivity contribution in [3.8, 4) is 5.75 Å². The van der Waals surface area contributed by atoms with Crippen molar-refractivity contribution in [1.82, 2.24) is 4.98 Å². The molecule has 0 saturated carbocycles. The molecular formula is C21H23ClN2O5. The summed E-state index contributed by atoms with van der Waals surface area (Å²) in [6, 6.07) is 9.87. The van der Waals surface area contributed by atoms with Crippen LogP contribution in [0.4, 0.5) is 5.82 Å². The average molecular weight is 419 g/mol. The minimum atomic E-state index is -1.02. The second-order valence-electron chi connectivity index (χ2n) is 6.28. The molecule has 0 aliphatic rings. The van der Waals surface area contributed by atoms with Crippen LogP contribution in [0.2, 0.25) is 5.02 Å². The summed E-state index contributed by atoms with van der Waals surface area (Å²) in [5, 5.41) is 2.96. The van der Waals surface area contributed by atoms with Crippen molar-refractivity contribution in [2.75, 3.05) is 11.9 Å². The van der Waals surface area contributed by atoms with E-state index in [4.69, 9.17) is 21.1 Å². The third kappa shape index (κ3) is 7.54. The predicted octanol–water partition coefficient (Wildman–Crippen LogP) is 4.06. The highest BCUT2D eigenvalue weighted by atomic mass is 35.5. The highest BCUT2D eigenvalue weighted by Gasteiger charge is 2.19. The molecule has 154 valence electrons. The number of hydrogen-bond donors (Lipinski definition) is 1. The molecule has 0 radical (unpaired) electrons. The lowest BCUT2D eigenvalue weighted by Crippen LogP contribution is -2.30. The number of benzene rings is 1. The number of hydrogen-bond acceptors (Lipinski definition) is 6. The summed E-state index contributed by atoms with van der Waals surface area (Å²) in [5.74, 6) is -0.358. The van der Waals surface area contributed by atoms with Crippen molar-refractivity contribution in [3.63, 3.8) is 0 Å². The molecule has 1 amide bonds. The van der Waals surface area contributed by atoms with Crippen LogP contribution >= 0.6 is 11.6 Å². The fraction of sp³-hybridized carbons (Fsp3) is 0.333. The Labute approximate surface area is 174 Å². The largest absolute Gasteiger partial charge is 0.494 e. The monoisotopic (exact) mass is 418 g/mol. The molecule has 0 bridgehead atoms. The molecule has 1 atom stereocenters. The summed E-state index contributed by atoms with van der Waals surface area (Å²) < 4.78 is 10.5. The second-order valence-corrected chi connectivity index (χ2v) is 6.72. The number of ketones is 1. The number of carbonyl (C=O) groups is 3. The first kappa shape index (κ1) is 22.4. The van der Waals surface area contributed by atoms with E-state index < -0.39 is 18.0 Å². The van der Waals surface area contributed by atoms with Gasteiger partial charge in [-0.05, 0) is 49.7 Å². The van der Waals surface area contributed by atoms with Gasteiger partial charge in [0.15, 0.2) is 11.9 Å². The number of Topliss-reactive ketones (excluding diaryl/α,β-unsaturated/α-hetero) is 1. The first-order chi connectivity index (χ1) is 13.9. The molecule has 0 fully saturated rings. The van der Waals surface area contributed by atoms with Crippen LogP contribution in [-0.2, 0) is 14.3 Å². The van der Waals surface area contributed by atoms with Crippen LogP contribution in [0.5, 0.6) is 5.75 Å². The maximum atomic E-state index is 12.2. The lowest BCUT2D eigenvalue weighted by atomic mass is 10.1. The maximum Gasteiger partial charge on any atom is 0.307 e. The Morgan fingerprint density at radius 2 is 1.83 bits per heavy atom. The van der Waals surface area contributed by atoms with Gasteiger partial charge in [-0.1, -0.05) is 18.5 Å². The van der Waals surface area contributed by atoms with Gasteiger partial charge in [-0.2, -0.15) is 0 Å². The molecule has 1 N–H and O–H groups in total. The zero-order chi connectivity index (χ0) is 21.2. The average Bonchev–Trinajstić information content (AvgIpc) is 2.72. The molecule has 7 nitrogen and oxygen atoms in total. The molecular weight excluding hydrogens is 396 g/mol. The van der Waals surface area contributed by atoms with Crippen LogP contribution < -0.4 is 10.1 Å². The molecule has 0 aliphatic heterocycles. The van der Waals surface area contributed by atoms with Gasteiger partial charge in [-0.25, -0.2) is 4.98 Å². The molecule has 0 spiro atoms. The smallest absolute Gasteiger partial charge is 0.307 e. The molecule has 1 aromatic carbocycles. The van der Waals surface area contributed by atoms with E-state index in [0.29, 0.717) is 28.8 Å². The molecule has 0 unspecified atom stereocenters. The van der Waals surface area contributed by atoms with Gasteiger partial charge in [0.05, 0.1) is 18.1 Å². The van der Waals surface area contributed by atoms with Gasteiger partial charge >= 0.3 is 5.97 Å². The Bertz CT molecular complexity index is 837. The minimum absolute atomic E-state index is 0.0128. The van der Waals surface area contributed by atoms with Gasteiger partial charge in [-0.3, -0.25) is 14.4 Å². The quantitative estimate of drug-likeness (QED) is 0.462. The highest BCUT2D eigenvalue weighted by molar-refractivity contribution is 6.30. The third-order valence-corrected chi connectivity index (χ3v) is 4.09. The Hall–Kier alpha value is -2.93. The van der Waals surface area contributed by atoms with Crippen molar-refractivity contribution in [2.45, 2.75) is 39.2 Å². The summed E-state index contributed by atoms with van der Waals surface area (Å²) in [7, 11) is 0. The van der Waals surface area contributed by atoms with Crippen molar-refractivity contribution in [2.24, 2.45) is 0 Å². The van der Waals surface area contributed by atoms with Gasteiger partial charge in [0.25, 0.3) is 5.91 Å². The third-order valence-electron chi connectivity index (χ3n) is 3.86. The summed E-state index contributed by atoms with van der Waals surface area (Å²) in [6.07, 6.45) is 1.13. The standard InChI is InChI=1S/C21H23ClN2O5/c1-3-12-28-17-7-4-15(5-8-17)18(25)9-11-20(26)29-14(2)21(27)24-19-10-6-16(22)13-23-19/h4-8,10,13-14H,3,9,11-12H2,1-2H3,(H,23,24,27)/t14-/m1/s1. The molecule has 29 heavy (non-hydrogen) atoms. The molecule has 2 aromatic rings. The molecule has 0 aliphatic carbocycles. The molecule has 1 aromatic heterocycles. The van der Waals surface area contributed by atoms with Crippen molar-refractivity contribution < 1.29 is 23.9 Å². The summed E-state index contributed by atoms with van der Waals surface area (Å²) in [6.45, 7) is 4.06. The first-order valence-corrected chi connectivity index (χ1v) is 9.64. The number of aromatic nitrogens is 1. The van der Waals surface area contributed by atoms with E-state index in [1.807, 2.05) is 6.92 Å². The summed E-state index contributed by atoms with van der Waals surface area (Å²) in [5.41, 5.74) is 0.487. The number of amides is 1. The van der Waals surface area contributed by atoms with Crippen LogP contribution in [0.15, 0.2) is 42.6 Å². The number of nitrogens with zero attached hydrogens (tertiary/aromatic N) is 1. The number of nitrogens with one attached hydrogen (secondary N) is 1. The Kier molecular flexibility index (Phi) is 8.61. The SMILES string of the molecule is CCCOc1ccc(C(=O)CCC(=O)O[C@H](C)C(=O)Nc2ccc(Cl)cn2)cc1. The van der Waals surface area contributed by atoms with Gasteiger partial charge < -0.3 is 14.8 Å². The van der Waals surface area contributed by atoms with Crippen LogP contribution in [0, 0.1) is 0 Å². The zero-order valence-electron chi connectivity index (χ0n) is 16.3. The van der Waals surface area contributed by atoms with E-state index in [1.165, 1.54) is 19.2 Å². The van der Waals surface area contributed by atoms with Crippen molar-refractivity contribution in [1.29, 1.82) is 0 Å². The zero-order valence-corrected chi connectivity index (χ0v) is 17.1. The number of carbonyl (C=O) groups excluding carboxylic acids is 3. The highest BCUT2D eigenvalue weighted by Crippen LogP contribution is 2.15. The Morgan fingerprint density at radius 3 is 2.45 bits per heavy atom. The van der Waals surface area contributed by atoms with E-state index in [0.717, 1.165) is 6.42 Å². The van der Waals surface area contributed by atoms with Gasteiger partial charge in [0, 0.05) is 18.2 Å². The Morgan fingerprint density at radius 1 is 1.10 bits per heavy atom. The van der Waals surface area contributed by atoms with E-state index in [-0.39, 0.29) is 18.6 Å². The molecule has 2 rings (SSSR count). The van der Waals surface area contributed by atoms with Crippen LogP contribution in [0.25, 0.3) is 0 Å². The lowest BCUT2D eigenvalue weighted by molar-refractivity contribution is -0.153. The van der Waals surface area contributed by atoms with Gasteiger partial charge in [0.2, 0.25) is 0 Å².